The van der Waals surface area contributed by atoms with Crippen LogP contribution in [-0.2, 0) is 13.1 Å². The fourth-order valence-electron chi connectivity index (χ4n) is 3.47. The van der Waals surface area contributed by atoms with E-state index in [0.717, 1.165) is 37.7 Å². The number of rotatable bonds is 7. The summed E-state index contributed by atoms with van der Waals surface area (Å²) in [4.78, 5) is 8.60. The number of hydrogen-bond acceptors (Lipinski definition) is 3. The van der Waals surface area contributed by atoms with E-state index >= 15 is 0 Å². The SMILES string of the molecule is CCNC(=NCc1cccc(F)c1)NCC1CCCN(Cc2cccs2)C1.I. The second kappa shape index (κ2) is 12.4. The molecule has 2 aromatic rings. The summed E-state index contributed by atoms with van der Waals surface area (Å²) in [6, 6.07) is 11.0. The zero-order valence-corrected chi connectivity index (χ0v) is 19.5. The normalized spacial score (nSPS) is 17.8. The second-order valence-corrected chi connectivity index (χ2v) is 8.06. The smallest absolute Gasteiger partial charge is 0.191 e. The Morgan fingerprint density at radius 2 is 2.18 bits per heavy atom. The number of piperidine rings is 1. The molecule has 2 heterocycles. The van der Waals surface area contributed by atoms with Crippen molar-refractivity contribution in [2.45, 2.75) is 32.9 Å². The van der Waals surface area contributed by atoms with E-state index in [0.29, 0.717) is 12.5 Å². The maximum atomic E-state index is 13.3. The Bertz CT molecular complexity index is 723. The van der Waals surface area contributed by atoms with Crippen molar-refractivity contribution in [3.63, 3.8) is 0 Å². The highest BCUT2D eigenvalue weighted by atomic mass is 127. The third-order valence-corrected chi connectivity index (χ3v) is 5.63. The minimum absolute atomic E-state index is 0. The third-order valence-electron chi connectivity index (χ3n) is 4.77. The molecule has 0 amide bonds. The molecule has 154 valence electrons. The maximum Gasteiger partial charge on any atom is 0.191 e. The van der Waals surface area contributed by atoms with E-state index in [1.165, 1.54) is 36.4 Å². The maximum absolute atomic E-state index is 13.3. The highest BCUT2D eigenvalue weighted by Gasteiger charge is 2.20. The van der Waals surface area contributed by atoms with E-state index < -0.39 is 0 Å². The van der Waals surface area contributed by atoms with Gasteiger partial charge in [0.25, 0.3) is 0 Å². The summed E-state index contributed by atoms with van der Waals surface area (Å²) in [6.07, 6.45) is 2.49. The molecule has 1 unspecified atom stereocenters. The first kappa shape index (κ1) is 23.1. The fraction of sp³-hybridized carbons (Fsp3) is 0.476. The molecule has 7 heteroatoms. The molecule has 1 atom stereocenters. The standard InChI is InChI=1S/C21H29FN4S.HI/c1-2-23-21(24-13-17-6-3-8-19(22)12-17)25-14-18-7-4-10-26(15-18)16-20-9-5-11-27-20;/h3,5-6,8-9,11-12,18H,2,4,7,10,13-16H2,1H3,(H2,23,24,25);1H. The highest BCUT2D eigenvalue weighted by Crippen LogP contribution is 2.20. The Morgan fingerprint density at radius 3 is 2.93 bits per heavy atom. The van der Waals surface area contributed by atoms with Crippen LogP contribution in [0.5, 0.6) is 0 Å². The zero-order chi connectivity index (χ0) is 18.9. The van der Waals surface area contributed by atoms with Crippen molar-refractivity contribution in [1.29, 1.82) is 0 Å². The lowest BCUT2D eigenvalue weighted by Crippen LogP contribution is -2.44. The van der Waals surface area contributed by atoms with Gasteiger partial charge in [0.1, 0.15) is 5.82 Å². The molecule has 0 saturated carbocycles. The van der Waals surface area contributed by atoms with Gasteiger partial charge in [0.05, 0.1) is 6.54 Å². The summed E-state index contributed by atoms with van der Waals surface area (Å²) in [5.74, 6) is 1.21. The number of benzene rings is 1. The molecular weight excluding hydrogens is 486 g/mol. The van der Waals surface area contributed by atoms with Crippen molar-refractivity contribution in [2.75, 3.05) is 26.2 Å². The van der Waals surface area contributed by atoms with Gasteiger partial charge in [0.15, 0.2) is 5.96 Å². The minimum atomic E-state index is -0.214. The molecule has 1 fully saturated rings. The van der Waals surface area contributed by atoms with Gasteiger partial charge < -0.3 is 10.6 Å². The number of thiophene rings is 1. The average Bonchev–Trinajstić information content (AvgIpc) is 3.17. The quantitative estimate of drug-likeness (QED) is 0.324. The van der Waals surface area contributed by atoms with Gasteiger partial charge in [0.2, 0.25) is 0 Å². The van der Waals surface area contributed by atoms with Gasteiger partial charge in [-0.3, -0.25) is 4.90 Å². The summed E-state index contributed by atoms with van der Waals surface area (Å²) in [5.41, 5.74) is 0.881. The van der Waals surface area contributed by atoms with E-state index in [1.54, 1.807) is 6.07 Å². The van der Waals surface area contributed by atoms with Crippen molar-refractivity contribution in [3.05, 3.63) is 58.0 Å². The molecule has 1 aromatic heterocycles. The molecule has 1 aliphatic heterocycles. The molecule has 0 spiro atoms. The highest BCUT2D eigenvalue weighted by molar-refractivity contribution is 14.0. The molecule has 1 saturated heterocycles. The molecule has 2 N–H and O–H groups in total. The van der Waals surface area contributed by atoms with E-state index in [4.69, 9.17) is 0 Å². The summed E-state index contributed by atoms with van der Waals surface area (Å²) in [7, 11) is 0. The molecule has 3 rings (SSSR count). The van der Waals surface area contributed by atoms with Gasteiger partial charge in [-0.2, -0.15) is 0 Å². The number of aliphatic imine (C=N–C) groups is 1. The van der Waals surface area contributed by atoms with Gasteiger partial charge in [0, 0.05) is 31.1 Å². The van der Waals surface area contributed by atoms with E-state index in [2.05, 4.69) is 45.0 Å². The van der Waals surface area contributed by atoms with E-state index in [1.807, 2.05) is 17.4 Å². The van der Waals surface area contributed by atoms with Gasteiger partial charge in [-0.25, -0.2) is 9.38 Å². The number of guanidine groups is 1. The van der Waals surface area contributed by atoms with Crippen LogP contribution < -0.4 is 10.6 Å². The Balaban J connectivity index is 0.00000280. The number of nitrogens with zero attached hydrogens (tertiary/aromatic N) is 2. The average molecular weight is 516 g/mol. The summed E-state index contributed by atoms with van der Waals surface area (Å²) >= 11 is 1.84. The van der Waals surface area contributed by atoms with Crippen LogP contribution in [0.1, 0.15) is 30.2 Å². The third kappa shape index (κ3) is 7.67. The van der Waals surface area contributed by atoms with Gasteiger partial charge in [-0.05, 0) is 61.4 Å². The first-order valence-electron chi connectivity index (χ1n) is 9.74. The van der Waals surface area contributed by atoms with Gasteiger partial charge in [-0.15, -0.1) is 35.3 Å². The number of halogens is 2. The molecule has 4 nitrogen and oxygen atoms in total. The molecule has 28 heavy (non-hydrogen) atoms. The topological polar surface area (TPSA) is 39.7 Å². The van der Waals surface area contributed by atoms with Gasteiger partial charge >= 0.3 is 0 Å². The molecule has 1 aliphatic rings. The van der Waals surface area contributed by atoms with Crippen molar-refractivity contribution in [2.24, 2.45) is 10.9 Å². The van der Waals surface area contributed by atoms with Crippen LogP contribution in [-0.4, -0.2) is 37.0 Å². The van der Waals surface area contributed by atoms with E-state index in [9.17, 15) is 4.39 Å². The van der Waals surface area contributed by atoms with Crippen LogP contribution >= 0.6 is 35.3 Å². The molecule has 0 aliphatic carbocycles. The van der Waals surface area contributed by atoms with Crippen LogP contribution in [0.25, 0.3) is 0 Å². The Morgan fingerprint density at radius 1 is 1.29 bits per heavy atom. The lowest BCUT2D eigenvalue weighted by atomic mass is 9.98. The lowest BCUT2D eigenvalue weighted by molar-refractivity contribution is 0.169. The number of hydrogen-bond donors (Lipinski definition) is 2. The Kier molecular flexibility index (Phi) is 10.2. The first-order chi connectivity index (χ1) is 13.2. The lowest BCUT2D eigenvalue weighted by Gasteiger charge is -2.32. The largest absolute Gasteiger partial charge is 0.357 e. The van der Waals surface area contributed by atoms with Crippen LogP contribution in [0.2, 0.25) is 0 Å². The van der Waals surface area contributed by atoms with Crippen molar-refractivity contribution in [1.82, 2.24) is 15.5 Å². The minimum Gasteiger partial charge on any atom is -0.357 e. The number of likely N-dealkylation sites (tertiary alicyclic amines) is 1. The predicted molar refractivity (Wildman–Crippen MR) is 127 cm³/mol. The second-order valence-electron chi connectivity index (χ2n) is 7.03. The number of nitrogens with one attached hydrogen (secondary N) is 2. The van der Waals surface area contributed by atoms with Gasteiger partial charge in [-0.1, -0.05) is 18.2 Å². The van der Waals surface area contributed by atoms with Crippen LogP contribution in [0.3, 0.4) is 0 Å². The summed E-state index contributed by atoms with van der Waals surface area (Å²) in [6.45, 7) is 7.61. The fourth-order valence-corrected chi connectivity index (χ4v) is 4.22. The summed E-state index contributed by atoms with van der Waals surface area (Å²) in [5, 5.41) is 8.91. The van der Waals surface area contributed by atoms with Crippen molar-refractivity contribution >= 4 is 41.3 Å². The van der Waals surface area contributed by atoms with Crippen LogP contribution in [0.15, 0.2) is 46.8 Å². The zero-order valence-electron chi connectivity index (χ0n) is 16.4. The Labute approximate surface area is 188 Å². The molecule has 0 bridgehead atoms. The molecular formula is C21H30FIN4S. The van der Waals surface area contributed by atoms with Crippen LogP contribution in [0, 0.1) is 11.7 Å². The van der Waals surface area contributed by atoms with E-state index in [-0.39, 0.29) is 29.8 Å². The summed E-state index contributed by atoms with van der Waals surface area (Å²) < 4.78 is 13.3. The van der Waals surface area contributed by atoms with Crippen molar-refractivity contribution < 1.29 is 4.39 Å². The Hall–Kier alpha value is -1.19. The molecule has 0 radical (unpaired) electrons. The monoisotopic (exact) mass is 516 g/mol. The van der Waals surface area contributed by atoms with Crippen LogP contribution in [0.4, 0.5) is 4.39 Å². The van der Waals surface area contributed by atoms with Crippen molar-refractivity contribution in [3.8, 4) is 0 Å². The predicted octanol–water partition coefficient (Wildman–Crippen LogP) is 4.47. The molecule has 1 aromatic carbocycles. The first-order valence-corrected chi connectivity index (χ1v) is 10.6.